The van der Waals surface area contributed by atoms with Gasteiger partial charge in [-0.05, 0) is 36.1 Å². The number of rotatable bonds is 8. The van der Waals surface area contributed by atoms with Gasteiger partial charge in [0, 0.05) is 19.2 Å². The number of nitrogens with one attached hydrogen (secondary N) is 2. The lowest BCUT2D eigenvalue weighted by molar-refractivity contribution is 0.627. The van der Waals surface area contributed by atoms with Crippen molar-refractivity contribution in [3.8, 4) is 0 Å². The molecule has 5 heteroatoms. The average Bonchev–Trinajstić information content (AvgIpc) is 2.66. The standard InChI is InChI=1S/C20H21FN4/c21-18-10-8-17(9-11-18)14-23-20-13-19(24-15-25-20)22-12-4-7-16-5-2-1-3-6-16/h1-3,5-6,8-11,13,15H,4,7,12,14H2,(H2,22,23,24,25). The molecule has 0 spiro atoms. The van der Waals surface area contributed by atoms with Crippen LogP contribution in [-0.2, 0) is 13.0 Å². The summed E-state index contributed by atoms with van der Waals surface area (Å²) in [5.41, 5.74) is 2.34. The Morgan fingerprint density at radius 3 is 2.28 bits per heavy atom. The lowest BCUT2D eigenvalue weighted by atomic mass is 10.1. The quantitative estimate of drug-likeness (QED) is 0.603. The SMILES string of the molecule is Fc1ccc(CNc2cc(NCCCc3ccccc3)ncn2)cc1. The molecule has 4 nitrogen and oxygen atoms in total. The Kier molecular flexibility index (Phi) is 5.93. The molecule has 0 fully saturated rings. The number of anilines is 2. The Morgan fingerprint density at radius 2 is 1.52 bits per heavy atom. The highest BCUT2D eigenvalue weighted by Gasteiger charge is 2.00. The van der Waals surface area contributed by atoms with E-state index in [0.717, 1.165) is 36.6 Å². The lowest BCUT2D eigenvalue weighted by Crippen LogP contribution is -2.07. The van der Waals surface area contributed by atoms with Crippen LogP contribution in [0.5, 0.6) is 0 Å². The third-order valence-corrected chi connectivity index (χ3v) is 3.85. The third-order valence-electron chi connectivity index (χ3n) is 3.85. The van der Waals surface area contributed by atoms with Crippen molar-refractivity contribution in [1.29, 1.82) is 0 Å². The molecule has 0 amide bonds. The van der Waals surface area contributed by atoms with Gasteiger partial charge in [0.1, 0.15) is 23.8 Å². The van der Waals surface area contributed by atoms with Gasteiger partial charge in [-0.2, -0.15) is 0 Å². The molecule has 25 heavy (non-hydrogen) atoms. The molecule has 2 aromatic carbocycles. The molecule has 0 radical (unpaired) electrons. The molecular weight excluding hydrogens is 315 g/mol. The Hall–Kier alpha value is -2.95. The summed E-state index contributed by atoms with van der Waals surface area (Å²) < 4.78 is 12.9. The van der Waals surface area contributed by atoms with E-state index in [0.29, 0.717) is 6.54 Å². The minimum Gasteiger partial charge on any atom is -0.370 e. The van der Waals surface area contributed by atoms with Gasteiger partial charge in [0.15, 0.2) is 0 Å². The fourth-order valence-electron chi connectivity index (χ4n) is 2.50. The topological polar surface area (TPSA) is 49.8 Å². The number of aromatic nitrogens is 2. The summed E-state index contributed by atoms with van der Waals surface area (Å²) in [7, 11) is 0. The summed E-state index contributed by atoms with van der Waals surface area (Å²) in [6.07, 6.45) is 3.60. The number of nitrogens with zero attached hydrogens (tertiary/aromatic N) is 2. The highest BCUT2D eigenvalue weighted by Crippen LogP contribution is 2.11. The van der Waals surface area contributed by atoms with Gasteiger partial charge in [0.05, 0.1) is 0 Å². The predicted molar refractivity (Wildman–Crippen MR) is 99.0 cm³/mol. The summed E-state index contributed by atoms with van der Waals surface area (Å²) in [6.45, 7) is 1.44. The van der Waals surface area contributed by atoms with E-state index in [-0.39, 0.29) is 5.82 Å². The van der Waals surface area contributed by atoms with Crippen molar-refractivity contribution in [3.63, 3.8) is 0 Å². The Labute approximate surface area is 147 Å². The van der Waals surface area contributed by atoms with Crippen LogP contribution in [0.25, 0.3) is 0 Å². The predicted octanol–water partition coefficient (Wildman–Crippen LogP) is 4.27. The van der Waals surface area contributed by atoms with Crippen LogP contribution in [0.3, 0.4) is 0 Å². The number of hydrogen-bond donors (Lipinski definition) is 2. The second kappa shape index (κ2) is 8.78. The van der Waals surface area contributed by atoms with Crippen molar-refractivity contribution >= 4 is 11.6 Å². The van der Waals surface area contributed by atoms with E-state index in [1.165, 1.54) is 24.0 Å². The van der Waals surface area contributed by atoms with Crippen molar-refractivity contribution in [1.82, 2.24) is 9.97 Å². The molecule has 128 valence electrons. The summed E-state index contributed by atoms with van der Waals surface area (Å²) in [6, 6.07) is 18.7. The Balaban J connectivity index is 1.45. The van der Waals surface area contributed by atoms with E-state index in [2.05, 4.69) is 44.9 Å². The normalized spacial score (nSPS) is 10.4. The van der Waals surface area contributed by atoms with Crippen molar-refractivity contribution < 1.29 is 4.39 Å². The van der Waals surface area contributed by atoms with Crippen LogP contribution in [0.2, 0.25) is 0 Å². The van der Waals surface area contributed by atoms with E-state index >= 15 is 0 Å². The maximum atomic E-state index is 12.9. The van der Waals surface area contributed by atoms with Crippen LogP contribution in [0.4, 0.5) is 16.0 Å². The van der Waals surface area contributed by atoms with Gasteiger partial charge in [-0.15, -0.1) is 0 Å². The number of benzene rings is 2. The smallest absolute Gasteiger partial charge is 0.131 e. The zero-order valence-electron chi connectivity index (χ0n) is 14.0. The van der Waals surface area contributed by atoms with Gasteiger partial charge in [0.2, 0.25) is 0 Å². The number of halogens is 1. The van der Waals surface area contributed by atoms with Gasteiger partial charge in [-0.25, -0.2) is 14.4 Å². The lowest BCUT2D eigenvalue weighted by Gasteiger charge is -2.09. The van der Waals surface area contributed by atoms with Crippen LogP contribution in [0.1, 0.15) is 17.5 Å². The van der Waals surface area contributed by atoms with Crippen LogP contribution in [-0.4, -0.2) is 16.5 Å². The van der Waals surface area contributed by atoms with Crippen LogP contribution in [0, 0.1) is 5.82 Å². The number of aryl methyl sites for hydroxylation is 1. The molecule has 0 saturated heterocycles. The molecule has 0 saturated carbocycles. The second-order valence-corrected chi connectivity index (χ2v) is 5.78. The minimum absolute atomic E-state index is 0.229. The molecular formula is C20H21FN4. The fourth-order valence-corrected chi connectivity index (χ4v) is 2.50. The highest BCUT2D eigenvalue weighted by molar-refractivity contribution is 5.46. The first-order valence-electron chi connectivity index (χ1n) is 8.38. The van der Waals surface area contributed by atoms with Gasteiger partial charge in [-0.1, -0.05) is 42.5 Å². The molecule has 3 rings (SSSR count). The molecule has 0 atom stereocenters. The molecule has 0 aliphatic heterocycles. The van der Waals surface area contributed by atoms with Crippen molar-refractivity contribution in [2.24, 2.45) is 0 Å². The Bertz CT molecular complexity index is 775. The van der Waals surface area contributed by atoms with Gasteiger partial charge < -0.3 is 10.6 Å². The maximum absolute atomic E-state index is 12.9. The van der Waals surface area contributed by atoms with Crippen molar-refractivity contribution in [2.75, 3.05) is 17.2 Å². The third kappa shape index (κ3) is 5.57. The zero-order valence-corrected chi connectivity index (χ0v) is 14.0. The molecule has 0 aliphatic carbocycles. The molecule has 0 unspecified atom stereocenters. The molecule has 1 heterocycles. The first-order valence-corrected chi connectivity index (χ1v) is 8.38. The average molecular weight is 336 g/mol. The first-order chi connectivity index (χ1) is 12.3. The second-order valence-electron chi connectivity index (χ2n) is 5.78. The maximum Gasteiger partial charge on any atom is 0.131 e. The molecule has 0 aliphatic rings. The summed E-state index contributed by atoms with van der Waals surface area (Å²) in [4.78, 5) is 8.45. The summed E-state index contributed by atoms with van der Waals surface area (Å²) >= 11 is 0. The fraction of sp³-hybridized carbons (Fsp3) is 0.200. The van der Waals surface area contributed by atoms with Crippen molar-refractivity contribution in [2.45, 2.75) is 19.4 Å². The van der Waals surface area contributed by atoms with Crippen LogP contribution >= 0.6 is 0 Å². The monoisotopic (exact) mass is 336 g/mol. The molecule has 1 aromatic heterocycles. The van der Waals surface area contributed by atoms with E-state index in [1.807, 2.05) is 12.1 Å². The molecule has 2 N–H and O–H groups in total. The van der Waals surface area contributed by atoms with Crippen LogP contribution < -0.4 is 10.6 Å². The highest BCUT2D eigenvalue weighted by atomic mass is 19.1. The van der Waals surface area contributed by atoms with Crippen LogP contribution in [0.15, 0.2) is 67.0 Å². The van der Waals surface area contributed by atoms with Gasteiger partial charge in [-0.3, -0.25) is 0 Å². The molecule has 3 aromatic rings. The summed E-state index contributed by atoms with van der Waals surface area (Å²) in [5.74, 6) is 1.31. The number of hydrogen-bond acceptors (Lipinski definition) is 4. The van der Waals surface area contributed by atoms with Crippen molar-refractivity contribution in [3.05, 3.63) is 83.9 Å². The summed E-state index contributed by atoms with van der Waals surface area (Å²) in [5, 5.41) is 6.54. The van der Waals surface area contributed by atoms with E-state index in [4.69, 9.17) is 0 Å². The Morgan fingerprint density at radius 1 is 0.800 bits per heavy atom. The first kappa shape index (κ1) is 16.9. The largest absolute Gasteiger partial charge is 0.370 e. The van der Waals surface area contributed by atoms with E-state index < -0.39 is 0 Å². The van der Waals surface area contributed by atoms with Gasteiger partial charge in [0.25, 0.3) is 0 Å². The van der Waals surface area contributed by atoms with Gasteiger partial charge >= 0.3 is 0 Å². The van der Waals surface area contributed by atoms with E-state index in [1.54, 1.807) is 12.1 Å². The van der Waals surface area contributed by atoms with E-state index in [9.17, 15) is 4.39 Å². The molecule has 0 bridgehead atoms. The zero-order chi connectivity index (χ0) is 17.3. The minimum atomic E-state index is -0.229.